The lowest BCUT2D eigenvalue weighted by molar-refractivity contribution is -0.0357. The highest BCUT2D eigenvalue weighted by molar-refractivity contribution is 4.55. The zero-order valence-corrected chi connectivity index (χ0v) is 11.4. The zero-order chi connectivity index (χ0) is 12.8. The third-order valence-electron chi connectivity index (χ3n) is 2.38. The molecule has 5 heteroatoms. The van der Waals surface area contributed by atoms with Crippen LogP contribution in [0.25, 0.3) is 0 Å². The molecule has 0 spiro atoms. The van der Waals surface area contributed by atoms with Crippen LogP contribution in [-0.2, 0) is 18.9 Å². The van der Waals surface area contributed by atoms with Gasteiger partial charge >= 0.3 is 0 Å². The molecule has 0 rings (SSSR count). The van der Waals surface area contributed by atoms with Crippen LogP contribution < -0.4 is 0 Å². The average Bonchev–Trinajstić information content (AvgIpc) is 2.36. The summed E-state index contributed by atoms with van der Waals surface area (Å²) < 4.78 is 20.1. The molecule has 0 saturated heterocycles. The van der Waals surface area contributed by atoms with Crippen LogP contribution in [0.5, 0.6) is 0 Å². The number of nitrogens with zero attached hydrogens (tertiary/aromatic N) is 1. The van der Waals surface area contributed by atoms with Crippen LogP contribution >= 0.6 is 0 Å². The fourth-order valence-electron chi connectivity index (χ4n) is 1.49. The maximum Gasteiger partial charge on any atom is 0.146 e. The third-order valence-corrected chi connectivity index (χ3v) is 2.38. The Morgan fingerprint density at radius 3 is 1.65 bits per heavy atom. The Balaban J connectivity index is 3.30. The van der Waals surface area contributed by atoms with Gasteiger partial charge in [0.2, 0.25) is 0 Å². The van der Waals surface area contributed by atoms with Crippen molar-refractivity contribution in [3.8, 4) is 0 Å². The second-order valence-corrected chi connectivity index (χ2v) is 3.77. The minimum absolute atomic E-state index is 0.386. The van der Waals surface area contributed by atoms with Gasteiger partial charge in [0, 0.05) is 27.3 Å². The molecule has 0 heterocycles. The van der Waals surface area contributed by atoms with Crippen LogP contribution in [0.3, 0.4) is 0 Å². The largest absolute Gasteiger partial charge is 0.359 e. The van der Waals surface area contributed by atoms with Crippen LogP contribution in [0.1, 0.15) is 19.8 Å². The van der Waals surface area contributed by atoms with E-state index in [0.717, 1.165) is 45.7 Å². The third kappa shape index (κ3) is 12.1. The molecule has 0 amide bonds. The minimum Gasteiger partial charge on any atom is -0.359 e. The first kappa shape index (κ1) is 16.8. The van der Waals surface area contributed by atoms with Crippen molar-refractivity contribution in [2.45, 2.75) is 19.8 Å². The molecular weight excluding hydrogens is 222 g/mol. The number of hydrogen-bond donors (Lipinski definition) is 0. The summed E-state index contributed by atoms with van der Waals surface area (Å²) in [5.41, 5.74) is 0. The molecule has 5 nitrogen and oxygen atoms in total. The van der Waals surface area contributed by atoms with Crippen LogP contribution in [-0.4, -0.2) is 65.6 Å². The predicted molar refractivity (Wildman–Crippen MR) is 67.0 cm³/mol. The molecule has 104 valence electrons. The summed E-state index contributed by atoms with van der Waals surface area (Å²) >= 11 is 0. The summed E-state index contributed by atoms with van der Waals surface area (Å²) in [4.78, 5) is 2.40. The van der Waals surface area contributed by atoms with Gasteiger partial charge < -0.3 is 23.8 Å². The lowest BCUT2D eigenvalue weighted by Crippen LogP contribution is -2.27. The summed E-state index contributed by atoms with van der Waals surface area (Å²) in [7, 11) is 3.27. The van der Waals surface area contributed by atoms with Gasteiger partial charge in [0.1, 0.15) is 13.6 Å². The topological polar surface area (TPSA) is 40.2 Å². The van der Waals surface area contributed by atoms with Gasteiger partial charge in [-0.3, -0.25) is 0 Å². The maximum atomic E-state index is 5.25. The highest BCUT2D eigenvalue weighted by atomic mass is 16.7. The Kier molecular flexibility index (Phi) is 13.7. The van der Waals surface area contributed by atoms with Crippen molar-refractivity contribution in [2.75, 3.05) is 60.7 Å². The van der Waals surface area contributed by atoms with Gasteiger partial charge in [-0.2, -0.15) is 0 Å². The van der Waals surface area contributed by atoms with E-state index in [-0.39, 0.29) is 0 Å². The summed E-state index contributed by atoms with van der Waals surface area (Å²) in [6.07, 6.45) is 2.08. The van der Waals surface area contributed by atoms with Gasteiger partial charge in [0.25, 0.3) is 0 Å². The first-order valence-electron chi connectivity index (χ1n) is 6.20. The average molecular weight is 249 g/mol. The van der Waals surface area contributed by atoms with Gasteiger partial charge in [-0.25, -0.2) is 0 Å². The van der Waals surface area contributed by atoms with E-state index >= 15 is 0 Å². The molecule has 0 atom stereocenters. The Morgan fingerprint density at radius 2 is 1.29 bits per heavy atom. The van der Waals surface area contributed by atoms with Gasteiger partial charge in [-0.1, -0.05) is 6.92 Å². The fourth-order valence-corrected chi connectivity index (χ4v) is 1.49. The molecule has 0 aromatic heterocycles. The second-order valence-electron chi connectivity index (χ2n) is 3.77. The van der Waals surface area contributed by atoms with Gasteiger partial charge in [-0.15, -0.1) is 0 Å². The lowest BCUT2D eigenvalue weighted by atomic mass is 10.3. The normalized spacial score (nSPS) is 11.3. The summed E-state index contributed by atoms with van der Waals surface area (Å²) in [6, 6.07) is 0. The number of methoxy groups -OCH3 is 2. The predicted octanol–water partition coefficient (Wildman–Crippen LogP) is 1.33. The standard InChI is InChI=1S/C12H27NO4/c1-4-13(7-5-9-16-11-14-2)8-6-10-17-12-15-3/h4-12H2,1-3H3. The molecule has 0 aliphatic carbocycles. The Morgan fingerprint density at radius 1 is 0.824 bits per heavy atom. The Labute approximate surface area is 105 Å². The van der Waals surface area contributed by atoms with E-state index in [9.17, 15) is 0 Å². The summed E-state index contributed by atoms with van der Waals surface area (Å²) in [6.45, 7) is 7.64. The number of hydrogen-bond acceptors (Lipinski definition) is 5. The van der Waals surface area contributed by atoms with E-state index in [2.05, 4.69) is 11.8 Å². The lowest BCUT2D eigenvalue weighted by Gasteiger charge is -2.20. The molecule has 0 aliphatic heterocycles. The molecule has 0 saturated carbocycles. The van der Waals surface area contributed by atoms with E-state index in [0.29, 0.717) is 13.6 Å². The SMILES string of the molecule is CCN(CCCOCOC)CCCOCOC. The molecular formula is C12H27NO4. The molecule has 17 heavy (non-hydrogen) atoms. The molecule has 0 aromatic rings. The van der Waals surface area contributed by atoms with Crippen molar-refractivity contribution in [2.24, 2.45) is 0 Å². The molecule has 0 bridgehead atoms. The van der Waals surface area contributed by atoms with Gasteiger partial charge in [-0.05, 0) is 19.4 Å². The van der Waals surface area contributed by atoms with Crippen LogP contribution in [0, 0.1) is 0 Å². The van der Waals surface area contributed by atoms with E-state index in [1.54, 1.807) is 14.2 Å². The van der Waals surface area contributed by atoms with E-state index in [4.69, 9.17) is 18.9 Å². The van der Waals surface area contributed by atoms with Gasteiger partial charge in [0.15, 0.2) is 0 Å². The molecule has 0 aromatic carbocycles. The molecule has 0 N–H and O–H groups in total. The van der Waals surface area contributed by atoms with E-state index < -0.39 is 0 Å². The Hall–Kier alpha value is -0.200. The number of rotatable bonds is 13. The van der Waals surface area contributed by atoms with Crippen molar-refractivity contribution in [3.05, 3.63) is 0 Å². The maximum absolute atomic E-state index is 5.25. The zero-order valence-electron chi connectivity index (χ0n) is 11.4. The number of ether oxygens (including phenoxy) is 4. The van der Waals surface area contributed by atoms with E-state index in [1.165, 1.54) is 0 Å². The van der Waals surface area contributed by atoms with Gasteiger partial charge in [0.05, 0.1) is 13.2 Å². The van der Waals surface area contributed by atoms with Crippen LogP contribution in [0.4, 0.5) is 0 Å². The Bertz CT molecular complexity index is 132. The minimum atomic E-state index is 0.386. The highest BCUT2D eigenvalue weighted by Gasteiger charge is 2.01. The monoisotopic (exact) mass is 249 g/mol. The van der Waals surface area contributed by atoms with Crippen LogP contribution in [0.15, 0.2) is 0 Å². The summed E-state index contributed by atoms with van der Waals surface area (Å²) in [5, 5.41) is 0. The first-order valence-corrected chi connectivity index (χ1v) is 6.20. The highest BCUT2D eigenvalue weighted by Crippen LogP contribution is 1.95. The quantitative estimate of drug-likeness (QED) is 0.364. The molecule has 0 radical (unpaired) electrons. The van der Waals surface area contributed by atoms with Crippen molar-refractivity contribution in [3.63, 3.8) is 0 Å². The van der Waals surface area contributed by atoms with Crippen molar-refractivity contribution in [1.82, 2.24) is 4.90 Å². The van der Waals surface area contributed by atoms with Crippen LogP contribution in [0.2, 0.25) is 0 Å². The van der Waals surface area contributed by atoms with Crippen molar-refractivity contribution >= 4 is 0 Å². The first-order chi connectivity index (χ1) is 8.35. The fraction of sp³-hybridized carbons (Fsp3) is 1.00. The molecule has 0 fully saturated rings. The molecule has 0 unspecified atom stereocenters. The van der Waals surface area contributed by atoms with Crippen molar-refractivity contribution < 1.29 is 18.9 Å². The van der Waals surface area contributed by atoms with E-state index in [1.807, 2.05) is 0 Å². The second kappa shape index (κ2) is 13.9. The van der Waals surface area contributed by atoms with Crippen molar-refractivity contribution in [1.29, 1.82) is 0 Å². The molecule has 0 aliphatic rings. The smallest absolute Gasteiger partial charge is 0.146 e. The summed E-state index contributed by atoms with van der Waals surface area (Å²) in [5.74, 6) is 0.